The third-order valence-corrected chi connectivity index (χ3v) is 6.18. The van der Waals surface area contributed by atoms with Crippen LogP contribution in [0.3, 0.4) is 0 Å². The summed E-state index contributed by atoms with van der Waals surface area (Å²) in [4.78, 5) is 13.9. The SMILES string of the molecule is CCC(=O)N1CCC(NS(=O)(=O)C2=Cc3ccccc3CC2)C1. The molecule has 1 aliphatic heterocycles. The molecular weight excluding hydrogens is 312 g/mol. The van der Waals surface area contributed by atoms with Crippen molar-refractivity contribution in [2.45, 2.75) is 38.6 Å². The van der Waals surface area contributed by atoms with Crippen molar-refractivity contribution in [1.29, 1.82) is 0 Å². The second-order valence-electron chi connectivity index (χ2n) is 6.11. The molecule has 1 atom stereocenters. The van der Waals surface area contributed by atoms with Crippen LogP contribution in [0.5, 0.6) is 0 Å². The molecular formula is C17H22N2O3S. The van der Waals surface area contributed by atoms with Crippen molar-refractivity contribution >= 4 is 22.0 Å². The molecule has 2 aliphatic rings. The van der Waals surface area contributed by atoms with Crippen molar-refractivity contribution in [3.05, 3.63) is 40.3 Å². The van der Waals surface area contributed by atoms with E-state index in [1.165, 1.54) is 5.56 Å². The van der Waals surface area contributed by atoms with E-state index in [9.17, 15) is 13.2 Å². The largest absolute Gasteiger partial charge is 0.341 e. The average molecular weight is 334 g/mol. The quantitative estimate of drug-likeness (QED) is 0.914. The number of sulfonamides is 1. The molecule has 1 saturated heterocycles. The van der Waals surface area contributed by atoms with Crippen LogP contribution < -0.4 is 4.72 Å². The van der Waals surface area contributed by atoms with E-state index in [0.29, 0.717) is 37.3 Å². The maximum Gasteiger partial charge on any atom is 0.237 e. The van der Waals surface area contributed by atoms with E-state index in [-0.39, 0.29) is 11.9 Å². The molecule has 3 rings (SSSR count). The molecule has 23 heavy (non-hydrogen) atoms. The Hall–Kier alpha value is -1.66. The maximum atomic E-state index is 12.6. The molecule has 0 radical (unpaired) electrons. The number of benzene rings is 1. The monoisotopic (exact) mass is 334 g/mol. The molecule has 1 amide bonds. The van der Waals surface area contributed by atoms with Crippen molar-refractivity contribution in [3.63, 3.8) is 0 Å². The lowest BCUT2D eigenvalue weighted by Crippen LogP contribution is -2.39. The summed E-state index contributed by atoms with van der Waals surface area (Å²) in [5, 5.41) is 0. The number of amides is 1. The molecule has 1 aromatic carbocycles. The van der Waals surface area contributed by atoms with Crippen LogP contribution in [0.1, 0.15) is 37.3 Å². The standard InChI is InChI=1S/C17H22N2O3S/c1-2-17(20)19-10-9-15(12-19)18-23(21,22)16-8-7-13-5-3-4-6-14(13)11-16/h3-6,11,15,18H,2,7-10,12H2,1H3. The molecule has 1 N–H and O–H groups in total. The molecule has 0 aromatic heterocycles. The lowest BCUT2D eigenvalue weighted by molar-refractivity contribution is -0.129. The predicted octanol–water partition coefficient (Wildman–Crippen LogP) is 1.90. The smallest absolute Gasteiger partial charge is 0.237 e. The van der Waals surface area contributed by atoms with Crippen LogP contribution in [0, 0.1) is 0 Å². The molecule has 124 valence electrons. The Morgan fingerprint density at radius 1 is 1.30 bits per heavy atom. The summed E-state index contributed by atoms with van der Waals surface area (Å²) in [6.45, 7) is 2.92. The topological polar surface area (TPSA) is 66.5 Å². The van der Waals surface area contributed by atoms with Gasteiger partial charge in [0.25, 0.3) is 0 Å². The van der Waals surface area contributed by atoms with Crippen LogP contribution in [0.25, 0.3) is 6.08 Å². The van der Waals surface area contributed by atoms with E-state index in [4.69, 9.17) is 0 Å². The van der Waals surface area contributed by atoms with Gasteiger partial charge < -0.3 is 4.90 Å². The number of hydrogen-bond donors (Lipinski definition) is 1. The Kier molecular flexibility index (Phi) is 4.55. The van der Waals surface area contributed by atoms with Crippen LogP contribution in [-0.2, 0) is 21.2 Å². The van der Waals surface area contributed by atoms with Gasteiger partial charge in [0.1, 0.15) is 0 Å². The molecule has 1 aliphatic carbocycles. The number of allylic oxidation sites excluding steroid dienone is 1. The summed E-state index contributed by atoms with van der Waals surface area (Å²) in [5.74, 6) is 0.0810. The summed E-state index contributed by atoms with van der Waals surface area (Å²) < 4.78 is 28.0. The minimum atomic E-state index is -3.49. The average Bonchev–Trinajstić information content (AvgIpc) is 3.01. The normalized spacial score (nSPS) is 21.0. The number of carbonyl (C=O) groups is 1. The second kappa shape index (κ2) is 6.45. The van der Waals surface area contributed by atoms with Crippen LogP contribution in [0.4, 0.5) is 0 Å². The highest BCUT2D eigenvalue weighted by Gasteiger charge is 2.30. The van der Waals surface area contributed by atoms with Gasteiger partial charge in [-0.1, -0.05) is 31.2 Å². The summed E-state index contributed by atoms with van der Waals surface area (Å²) >= 11 is 0. The van der Waals surface area contributed by atoms with E-state index in [2.05, 4.69) is 4.72 Å². The summed E-state index contributed by atoms with van der Waals surface area (Å²) in [7, 11) is -3.49. The first kappa shape index (κ1) is 16.2. The molecule has 1 unspecified atom stereocenters. The third kappa shape index (κ3) is 3.48. The van der Waals surface area contributed by atoms with E-state index in [1.807, 2.05) is 31.2 Å². The van der Waals surface area contributed by atoms with Gasteiger partial charge >= 0.3 is 0 Å². The molecule has 1 aromatic rings. The first-order valence-electron chi connectivity index (χ1n) is 8.08. The maximum absolute atomic E-state index is 12.6. The fourth-order valence-electron chi connectivity index (χ4n) is 3.22. The Balaban J connectivity index is 1.71. The van der Waals surface area contributed by atoms with Crippen molar-refractivity contribution < 1.29 is 13.2 Å². The first-order chi connectivity index (χ1) is 11.0. The van der Waals surface area contributed by atoms with Gasteiger partial charge in [-0.3, -0.25) is 4.79 Å². The lowest BCUT2D eigenvalue weighted by atomic mass is 9.98. The van der Waals surface area contributed by atoms with Gasteiger partial charge in [-0.2, -0.15) is 0 Å². The summed E-state index contributed by atoms with van der Waals surface area (Å²) in [6.07, 6.45) is 4.17. The van der Waals surface area contributed by atoms with Gasteiger partial charge in [0.2, 0.25) is 15.9 Å². The lowest BCUT2D eigenvalue weighted by Gasteiger charge is -2.20. The number of hydrogen-bond acceptors (Lipinski definition) is 3. The fourth-order valence-corrected chi connectivity index (χ4v) is 4.66. The molecule has 5 nitrogen and oxygen atoms in total. The molecule has 1 fully saturated rings. The third-order valence-electron chi connectivity index (χ3n) is 4.52. The minimum absolute atomic E-state index is 0.0810. The van der Waals surface area contributed by atoms with Gasteiger partial charge in [-0.05, 0) is 36.5 Å². The van der Waals surface area contributed by atoms with Gasteiger partial charge in [0, 0.05) is 25.6 Å². The zero-order valence-electron chi connectivity index (χ0n) is 13.3. The first-order valence-corrected chi connectivity index (χ1v) is 9.56. The van der Waals surface area contributed by atoms with Gasteiger partial charge in [-0.25, -0.2) is 13.1 Å². The molecule has 0 spiro atoms. The summed E-state index contributed by atoms with van der Waals surface area (Å²) in [5.41, 5.74) is 2.17. The van der Waals surface area contributed by atoms with Gasteiger partial charge in [0.05, 0.1) is 4.91 Å². The van der Waals surface area contributed by atoms with E-state index < -0.39 is 10.0 Å². The number of rotatable bonds is 4. The zero-order valence-corrected chi connectivity index (χ0v) is 14.1. The van der Waals surface area contributed by atoms with Crippen LogP contribution in [0.15, 0.2) is 29.2 Å². The van der Waals surface area contributed by atoms with Crippen molar-refractivity contribution in [1.82, 2.24) is 9.62 Å². The number of nitrogens with one attached hydrogen (secondary N) is 1. The van der Waals surface area contributed by atoms with Crippen LogP contribution in [-0.4, -0.2) is 38.4 Å². The zero-order chi connectivity index (χ0) is 16.4. The second-order valence-corrected chi connectivity index (χ2v) is 7.88. The molecule has 0 saturated carbocycles. The van der Waals surface area contributed by atoms with Crippen molar-refractivity contribution in [3.8, 4) is 0 Å². The van der Waals surface area contributed by atoms with Crippen molar-refractivity contribution in [2.24, 2.45) is 0 Å². The van der Waals surface area contributed by atoms with E-state index >= 15 is 0 Å². The molecule has 6 heteroatoms. The molecule has 1 heterocycles. The van der Waals surface area contributed by atoms with Crippen molar-refractivity contribution in [2.75, 3.05) is 13.1 Å². The Labute approximate surface area is 137 Å². The fraction of sp³-hybridized carbons (Fsp3) is 0.471. The Morgan fingerprint density at radius 3 is 2.87 bits per heavy atom. The highest BCUT2D eigenvalue weighted by atomic mass is 32.2. The van der Waals surface area contributed by atoms with Crippen LogP contribution >= 0.6 is 0 Å². The Morgan fingerprint density at radius 2 is 2.09 bits per heavy atom. The Bertz CT molecular complexity index is 740. The number of carbonyl (C=O) groups excluding carboxylic acids is 1. The minimum Gasteiger partial charge on any atom is -0.341 e. The van der Waals surface area contributed by atoms with Gasteiger partial charge in [0.15, 0.2) is 0 Å². The molecule has 0 bridgehead atoms. The van der Waals surface area contributed by atoms with Gasteiger partial charge in [-0.15, -0.1) is 0 Å². The highest BCUT2D eigenvalue weighted by Crippen LogP contribution is 2.27. The van der Waals surface area contributed by atoms with Crippen LogP contribution in [0.2, 0.25) is 0 Å². The van der Waals surface area contributed by atoms with E-state index in [1.54, 1.807) is 11.0 Å². The number of likely N-dealkylation sites (tertiary alicyclic amines) is 1. The number of aryl methyl sites for hydroxylation is 1. The predicted molar refractivity (Wildman–Crippen MR) is 90.1 cm³/mol. The highest BCUT2D eigenvalue weighted by molar-refractivity contribution is 7.93. The summed E-state index contributed by atoms with van der Waals surface area (Å²) in [6, 6.07) is 7.69. The van der Waals surface area contributed by atoms with E-state index in [0.717, 1.165) is 12.0 Å². The number of nitrogens with zero attached hydrogens (tertiary/aromatic N) is 1. The number of fused-ring (bicyclic) bond motifs is 1.